The zero-order valence-corrected chi connectivity index (χ0v) is 29.4. The minimum absolute atomic E-state index is 0.0720. The Morgan fingerprint density at radius 2 is 1.67 bits per heavy atom. The molecule has 1 N–H and O–H groups in total. The van der Waals surface area contributed by atoms with Crippen LogP contribution in [0.5, 0.6) is 0 Å². The molecule has 6 atom stereocenters. The van der Waals surface area contributed by atoms with Crippen LogP contribution in [-0.2, 0) is 23.8 Å². The van der Waals surface area contributed by atoms with Gasteiger partial charge in [0, 0.05) is 70.6 Å². The summed E-state index contributed by atoms with van der Waals surface area (Å²) in [7, 11) is 2.03. The van der Waals surface area contributed by atoms with Gasteiger partial charge in [-0.1, -0.05) is 26.0 Å². The third-order valence-corrected chi connectivity index (χ3v) is 10.2. The normalized spacial score (nSPS) is 30.3. The molecule has 0 spiro atoms. The number of carbonyl (C=O) groups is 3. The van der Waals surface area contributed by atoms with Crippen molar-refractivity contribution in [2.24, 2.45) is 17.8 Å². The number of carbonyl (C=O) groups excluding carboxylic acids is 3. The number of piperazine rings is 2. The Morgan fingerprint density at radius 1 is 0.959 bits per heavy atom. The van der Waals surface area contributed by atoms with Crippen LogP contribution in [0.3, 0.4) is 0 Å². The van der Waals surface area contributed by atoms with Crippen molar-refractivity contribution < 1.29 is 38.1 Å². The summed E-state index contributed by atoms with van der Waals surface area (Å²) in [6.07, 6.45) is 4.70. The molecular weight excluding hydrogens is 631 g/mol. The van der Waals surface area contributed by atoms with Gasteiger partial charge >= 0.3 is 12.1 Å². The summed E-state index contributed by atoms with van der Waals surface area (Å²) in [6, 6.07) is 4.86. The average Bonchev–Trinajstić information content (AvgIpc) is 3.62. The first-order valence-electron chi connectivity index (χ1n) is 17.8. The van der Waals surface area contributed by atoms with E-state index in [1.165, 1.54) is 12.1 Å². The fraction of sp³-hybridized carbons (Fsp3) is 0.649. The molecule has 2 amide bonds. The smallest absolute Gasteiger partial charge is 0.410 e. The van der Waals surface area contributed by atoms with Gasteiger partial charge < -0.3 is 38.9 Å². The number of anilines is 1. The predicted octanol–water partition coefficient (Wildman–Crippen LogP) is 3.95. The Hall–Kier alpha value is -3.48. The lowest BCUT2D eigenvalue weighted by Crippen LogP contribution is -2.50. The summed E-state index contributed by atoms with van der Waals surface area (Å²) in [5.41, 5.74) is 2.06. The van der Waals surface area contributed by atoms with Gasteiger partial charge in [0.25, 0.3) is 0 Å². The van der Waals surface area contributed by atoms with Crippen molar-refractivity contribution in [1.29, 1.82) is 0 Å². The second kappa shape index (κ2) is 17.0. The molecule has 3 saturated heterocycles. The maximum atomic E-state index is 15.0. The van der Waals surface area contributed by atoms with Crippen LogP contribution in [-0.4, -0.2) is 129 Å². The van der Waals surface area contributed by atoms with Gasteiger partial charge in [0.1, 0.15) is 18.0 Å². The van der Waals surface area contributed by atoms with E-state index in [0.717, 1.165) is 25.2 Å². The molecule has 0 aromatic heterocycles. The molecule has 49 heavy (non-hydrogen) atoms. The van der Waals surface area contributed by atoms with E-state index < -0.39 is 24.3 Å². The number of halogens is 1. The lowest BCUT2D eigenvalue weighted by atomic mass is 9.91. The zero-order valence-electron chi connectivity index (χ0n) is 29.4. The Morgan fingerprint density at radius 3 is 2.37 bits per heavy atom. The van der Waals surface area contributed by atoms with Crippen LogP contribution in [0.15, 0.2) is 35.9 Å². The highest BCUT2D eigenvalue weighted by Gasteiger charge is 2.31. The molecule has 4 aliphatic heterocycles. The third kappa shape index (κ3) is 10.0. The summed E-state index contributed by atoms with van der Waals surface area (Å²) in [6.45, 7) is 11.9. The minimum atomic E-state index is -0.888. The van der Waals surface area contributed by atoms with Crippen molar-refractivity contribution in [1.82, 2.24) is 14.7 Å². The van der Waals surface area contributed by atoms with E-state index in [4.69, 9.17) is 14.2 Å². The molecule has 5 rings (SSSR count). The fourth-order valence-electron chi connectivity index (χ4n) is 7.01. The van der Waals surface area contributed by atoms with Crippen LogP contribution in [0.25, 0.3) is 6.08 Å². The number of likely N-dealkylation sites (N-methyl/N-ethyl adjacent to an activating group) is 1. The molecule has 4 heterocycles. The van der Waals surface area contributed by atoms with Gasteiger partial charge in [-0.15, -0.1) is 0 Å². The topological polar surface area (TPSA) is 112 Å². The largest absolute Gasteiger partial charge is 0.457 e. The standard InChI is InChI=1S/C37H53FN4O7/c1-25-5-7-32(43)23-34(44)49-35(26(2)6-8-33(25)48-37(46)42-12-10-39(4)11-13-42)27(3)19-28-20-30(38)22-31(21-28)40-14-16-41(17-15-40)36(45)29-9-18-47-24-29/h6,8,19-22,25-26,29,32-33,35,43H,5,7,9-18,23-24H2,1-4H3/b8-6+,27-19+/t25-,26-,29-,32+,33-,35-/m0/s1. The number of cyclic esters (lactones) is 1. The second-order valence-corrected chi connectivity index (χ2v) is 14.2. The van der Waals surface area contributed by atoms with Crippen molar-refractivity contribution in [2.45, 2.75) is 64.8 Å². The van der Waals surface area contributed by atoms with E-state index in [-0.39, 0.29) is 42.0 Å². The van der Waals surface area contributed by atoms with Gasteiger partial charge in [0.05, 0.1) is 25.0 Å². The summed E-state index contributed by atoms with van der Waals surface area (Å²) in [5, 5.41) is 10.7. The van der Waals surface area contributed by atoms with Crippen LogP contribution in [0.2, 0.25) is 0 Å². The number of amides is 2. The van der Waals surface area contributed by atoms with E-state index in [0.29, 0.717) is 76.5 Å². The molecule has 0 radical (unpaired) electrons. The van der Waals surface area contributed by atoms with E-state index in [2.05, 4.69) is 9.80 Å². The molecule has 0 aliphatic carbocycles. The van der Waals surface area contributed by atoms with Crippen molar-refractivity contribution in [3.8, 4) is 0 Å². The number of aliphatic hydroxyl groups is 1. The molecule has 1 aromatic carbocycles. The lowest BCUT2D eigenvalue weighted by Gasteiger charge is -2.37. The number of benzene rings is 1. The molecule has 270 valence electrons. The van der Waals surface area contributed by atoms with E-state index in [1.54, 1.807) is 4.90 Å². The summed E-state index contributed by atoms with van der Waals surface area (Å²) in [5.74, 6) is -1.22. The first kappa shape index (κ1) is 36.8. The Balaban J connectivity index is 1.30. The Labute approximate surface area is 289 Å². The maximum absolute atomic E-state index is 15.0. The van der Waals surface area contributed by atoms with Crippen LogP contribution in [0, 0.1) is 23.6 Å². The lowest BCUT2D eigenvalue weighted by molar-refractivity contribution is -0.151. The van der Waals surface area contributed by atoms with Crippen molar-refractivity contribution in [3.05, 3.63) is 47.3 Å². The molecule has 3 fully saturated rings. The molecule has 0 bridgehead atoms. The first-order valence-corrected chi connectivity index (χ1v) is 17.8. The SMILES string of the molecule is C/C(=C\c1cc(F)cc(N2CCN(C(=O)[C@H]3CCOC3)CC2)c1)[C@H]1OC(=O)C[C@H](O)CC[C@H](C)[C@@H](OC(=O)N2CCN(C)CC2)/C=C/[C@@H]1C. The highest BCUT2D eigenvalue weighted by molar-refractivity contribution is 5.79. The summed E-state index contributed by atoms with van der Waals surface area (Å²) < 4.78 is 32.4. The summed E-state index contributed by atoms with van der Waals surface area (Å²) in [4.78, 5) is 46.8. The molecule has 0 saturated carbocycles. The number of nitrogens with zero attached hydrogens (tertiary/aromatic N) is 4. The average molecular weight is 685 g/mol. The maximum Gasteiger partial charge on any atom is 0.410 e. The van der Waals surface area contributed by atoms with Crippen LogP contribution in [0.4, 0.5) is 14.9 Å². The van der Waals surface area contributed by atoms with Gasteiger partial charge in [0.15, 0.2) is 0 Å². The highest BCUT2D eigenvalue weighted by Crippen LogP contribution is 2.28. The number of aliphatic hydroxyl groups excluding tert-OH is 1. The Kier molecular flexibility index (Phi) is 12.7. The van der Waals surface area contributed by atoms with Crippen LogP contribution in [0.1, 0.15) is 52.0 Å². The predicted molar refractivity (Wildman–Crippen MR) is 184 cm³/mol. The molecular formula is C37H53FN4O7. The number of rotatable bonds is 5. The van der Waals surface area contributed by atoms with Gasteiger partial charge in [0.2, 0.25) is 5.91 Å². The molecule has 0 unspecified atom stereocenters. The van der Waals surface area contributed by atoms with Gasteiger partial charge in [-0.25, -0.2) is 9.18 Å². The Bertz CT molecular complexity index is 1370. The number of hydrogen-bond acceptors (Lipinski definition) is 9. The molecule has 1 aromatic rings. The van der Waals surface area contributed by atoms with Crippen molar-refractivity contribution >= 4 is 29.7 Å². The van der Waals surface area contributed by atoms with Crippen LogP contribution >= 0.6 is 0 Å². The quantitative estimate of drug-likeness (QED) is 0.364. The molecule has 4 aliphatic rings. The van der Waals surface area contributed by atoms with Crippen molar-refractivity contribution in [2.75, 3.05) is 77.5 Å². The highest BCUT2D eigenvalue weighted by atomic mass is 19.1. The van der Waals surface area contributed by atoms with E-state index in [1.807, 2.05) is 57.0 Å². The van der Waals surface area contributed by atoms with Gasteiger partial charge in [-0.2, -0.15) is 0 Å². The monoisotopic (exact) mass is 684 g/mol. The second-order valence-electron chi connectivity index (χ2n) is 14.2. The van der Waals surface area contributed by atoms with Gasteiger partial charge in [-0.3, -0.25) is 9.59 Å². The van der Waals surface area contributed by atoms with Gasteiger partial charge in [-0.05, 0) is 74.6 Å². The number of hydrogen-bond donors (Lipinski definition) is 1. The first-order chi connectivity index (χ1) is 23.5. The zero-order chi connectivity index (χ0) is 35.1. The number of esters is 1. The third-order valence-electron chi connectivity index (χ3n) is 10.2. The molecule has 11 nitrogen and oxygen atoms in total. The van der Waals surface area contributed by atoms with E-state index >= 15 is 0 Å². The number of ether oxygens (including phenoxy) is 3. The van der Waals surface area contributed by atoms with E-state index in [9.17, 15) is 23.9 Å². The van der Waals surface area contributed by atoms with Crippen molar-refractivity contribution in [3.63, 3.8) is 0 Å². The molecule has 12 heteroatoms. The fourth-order valence-corrected chi connectivity index (χ4v) is 7.01. The van der Waals surface area contributed by atoms with Crippen LogP contribution < -0.4 is 4.90 Å². The summed E-state index contributed by atoms with van der Waals surface area (Å²) >= 11 is 0. The minimum Gasteiger partial charge on any atom is -0.457 e.